The van der Waals surface area contributed by atoms with Gasteiger partial charge < -0.3 is 25.2 Å². The number of carbonyl (C=O) groups excluding carboxylic acids is 1. The molecular formula is C6H8Cl2O6. The van der Waals surface area contributed by atoms with Gasteiger partial charge in [-0.25, -0.2) is 4.79 Å². The largest absolute Gasteiger partial charge is 0.505 e. The summed E-state index contributed by atoms with van der Waals surface area (Å²) in [6.07, 6.45) is -2.78. The average molecular weight is 247 g/mol. The third-order valence-electron chi connectivity index (χ3n) is 1.48. The van der Waals surface area contributed by atoms with E-state index >= 15 is 0 Å². The molecule has 1 rings (SSSR count). The number of esters is 1. The van der Waals surface area contributed by atoms with Crippen LogP contribution in [0.2, 0.25) is 0 Å². The maximum Gasteiger partial charge on any atom is 0.377 e. The second-order valence-electron chi connectivity index (χ2n) is 2.31. The number of aliphatic hydroxyl groups is 4. The number of cyclic esters (lactones) is 1. The van der Waals surface area contributed by atoms with E-state index in [-0.39, 0.29) is 0 Å². The van der Waals surface area contributed by atoms with Crippen LogP contribution in [0.5, 0.6) is 0 Å². The van der Waals surface area contributed by atoms with Crippen molar-refractivity contribution in [2.75, 3.05) is 6.61 Å². The second-order valence-corrected chi connectivity index (χ2v) is 2.31. The standard InChI is InChI=1S/C6H8O6.Cl2/c7-1-2(8)5-3(9)4(10)6(11)12-5;1-2/h2,5,7-10H,1H2;/t2-,5+;/m0./s1. The monoisotopic (exact) mass is 246 g/mol. The van der Waals surface area contributed by atoms with Crippen molar-refractivity contribution in [3.8, 4) is 0 Å². The lowest BCUT2D eigenvalue weighted by Gasteiger charge is -2.13. The first-order valence-electron chi connectivity index (χ1n) is 3.34. The quantitative estimate of drug-likeness (QED) is 0.510. The van der Waals surface area contributed by atoms with Crippen LogP contribution in [0.4, 0.5) is 0 Å². The first-order valence-corrected chi connectivity index (χ1v) is 4.48. The van der Waals surface area contributed by atoms with E-state index in [0.29, 0.717) is 0 Å². The SMILES string of the molecule is ClCl.O=C1O[C@H]([C@@H](O)CO)C(O)=C1O. The fraction of sp³-hybridized carbons (Fsp3) is 0.500. The molecule has 4 N–H and O–H groups in total. The van der Waals surface area contributed by atoms with Gasteiger partial charge in [-0.05, 0) is 0 Å². The van der Waals surface area contributed by atoms with Crippen LogP contribution >= 0.6 is 21.7 Å². The first-order chi connectivity index (χ1) is 6.57. The van der Waals surface area contributed by atoms with E-state index in [0.717, 1.165) is 0 Å². The third-order valence-corrected chi connectivity index (χ3v) is 1.48. The Bertz CT molecular complexity index is 240. The van der Waals surface area contributed by atoms with Gasteiger partial charge in [0, 0.05) is 21.7 Å². The molecule has 0 aliphatic carbocycles. The van der Waals surface area contributed by atoms with Crippen LogP contribution < -0.4 is 0 Å². The van der Waals surface area contributed by atoms with Crippen LogP contribution in [0.3, 0.4) is 0 Å². The van der Waals surface area contributed by atoms with E-state index in [1.165, 1.54) is 0 Å². The predicted molar refractivity (Wildman–Crippen MR) is 47.0 cm³/mol. The molecule has 0 radical (unpaired) electrons. The number of carbonyl (C=O) groups is 1. The van der Waals surface area contributed by atoms with Gasteiger partial charge >= 0.3 is 5.97 Å². The van der Waals surface area contributed by atoms with Crippen LogP contribution in [0.25, 0.3) is 0 Å². The zero-order valence-electron chi connectivity index (χ0n) is 6.72. The molecule has 1 aliphatic heterocycles. The highest BCUT2D eigenvalue weighted by Crippen LogP contribution is 2.20. The van der Waals surface area contributed by atoms with Gasteiger partial charge in [-0.1, -0.05) is 0 Å². The molecule has 0 spiro atoms. The number of aliphatic hydroxyl groups excluding tert-OH is 4. The molecule has 82 valence electrons. The van der Waals surface area contributed by atoms with Gasteiger partial charge in [0.1, 0.15) is 6.10 Å². The van der Waals surface area contributed by atoms with Crippen molar-refractivity contribution in [3.63, 3.8) is 0 Å². The molecule has 1 aliphatic rings. The zero-order chi connectivity index (χ0) is 11.3. The Morgan fingerprint density at radius 3 is 2.21 bits per heavy atom. The fourth-order valence-corrected chi connectivity index (χ4v) is 0.823. The summed E-state index contributed by atoms with van der Waals surface area (Å²) in [5.41, 5.74) is 0. The minimum absolute atomic E-state index is 0.671. The van der Waals surface area contributed by atoms with Gasteiger partial charge in [-0.15, -0.1) is 0 Å². The molecule has 8 heteroatoms. The molecule has 0 aromatic rings. The highest BCUT2D eigenvalue weighted by Gasteiger charge is 2.38. The molecule has 6 nitrogen and oxygen atoms in total. The molecule has 0 unspecified atom stereocenters. The summed E-state index contributed by atoms with van der Waals surface area (Å²) in [5, 5.41) is 35.0. The van der Waals surface area contributed by atoms with Gasteiger partial charge in [0.15, 0.2) is 11.9 Å². The molecule has 0 aromatic carbocycles. The summed E-state index contributed by atoms with van der Waals surface area (Å²) in [6, 6.07) is 0. The Hall–Kier alpha value is -0.690. The predicted octanol–water partition coefficient (Wildman–Crippen LogP) is -0.0284. The van der Waals surface area contributed by atoms with Crippen molar-refractivity contribution in [1.29, 1.82) is 0 Å². The van der Waals surface area contributed by atoms with Crippen molar-refractivity contribution in [3.05, 3.63) is 11.5 Å². The number of hydrogen-bond donors (Lipinski definition) is 4. The van der Waals surface area contributed by atoms with Crippen molar-refractivity contribution in [1.82, 2.24) is 0 Å². The molecule has 0 amide bonds. The molecule has 0 aromatic heterocycles. The van der Waals surface area contributed by atoms with Gasteiger partial charge in [0.2, 0.25) is 5.76 Å². The zero-order valence-corrected chi connectivity index (χ0v) is 8.23. The Balaban J connectivity index is 0.000000791. The van der Waals surface area contributed by atoms with Crippen molar-refractivity contribution in [2.24, 2.45) is 0 Å². The molecule has 2 atom stereocenters. The van der Waals surface area contributed by atoms with E-state index in [9.17, 15) is 4.79 Å². The number of hydrogen-bond acceptors (Lipinski definition) is 6. The van der Waals surface area contributed by atoms with Gasteiger partial charge in [0.05, 0.1) is 6.61 Å². The Labute approximate surface area is 88.5 Å². The smallest absolute Gasteiger partial charge is 0.377 e. The van der Waals surface area contributed by atoms with Crippen LogP contribution in [0.15, 0.2) is 11.5 Å². The first kappa shape index (κ1) is 13.3. The Morgan fingerprint density at radius 2 is 1.93 bits per heavy atom. The molecular weight excluding hydrogens is 239 g/mol. The molecule has 1 heterocycles. The summed E-state index contributed by atoms with van der Waals surface area (Å²) in [7, 11) is 8.22. The summed E-state index contributed by atoms with van der Waals surface area (Å²) in [5.74, 6) is -2.78. The lowest BCUT2D eigenvalue weighted by atomic mass is 10.2. The van der Waals surface area contributed by atoms with Crippen molar-refractivity contribution < 1.29 is 30.0 Å². The minimum Gasteiger partial charge on any atom is -0.505 e. The van der Waals surface area contributed by atoms with Gasteiger partial charge in [-0.3, -0.25) is 0 Å². The maximum absolute atomic E-state index is 10.5. The van der Waals surface area contributed by atoms with E-state index in [2.05, 4.69) is 26.4 Å². The van der Waals surface area contributed by atoms with Crippen molar-refractivity contribution >= 4 is 27.7 Å². The Kier molecular flexibility index (Phi) is 5.63. The summed E-state index contributed by atoms with van der Waals surface area (Å²) in [4.78, 5) is 10.5. The molecule has 0 bridgehead atoms. The topological polar surface area (TPSA) is 107 Å². The van der Waals surface area contributed by atoms with Crippen LogP contribution in [0, 0.1) is 0 Å². The minimum atomic E-state index is -1.42. The van der Waals surface area contributed by atoms with Crippen LogP contribution in [0.1, 0.15) is 0 Å². The van der Waals surface area contributed by atoms with E-state index < -0.39 is 36.3 Å². The normalized spacial score (nSPS) is 22.6. The van der Waals surface area contributed by atoms with Crippen molar-refractivity contribution in [2.45, 2.75) is 12.2 Å². The van der Waals surface area contributed by atoms with Gasteiger partial charge in [-0.2, -0.15) is 0 Å². The Morgan fingerprint density at radius 1 is 1.43 bits per heavy atom. The third kappa shape index (κ3) is 2.65. The van der Waals surface area contributed by atoms with E-state index in [4.69, 9.17) is 20.4 Å². The lowest BCUT2D eigenvalue weighted by molar-refractivity contribution is -0.147. The summed E-state index contributed by atoms with van der Waals surface area (Å²) >= 11 is 0. The molecule has 0 saturated heterocycles. The molecule has 0 fully saturated rings. The van der Waals surface area contributed by atoms with E-state index in [1.54, 1.807) is 0 Å². The van der Waals surface area contributed by atoms with Gasteiger partial charge in [0.25, 0.3) is 0 Å². The maximum atomic E-state index is 10.5. The second kappa shape index (κ2) is 5.92. The lowest BCUT2D eigenvalue weighted by Crippen LogP contribution is -2.31. The summed E-state index contributed by atoms with van der Waals surface area (Å²) < 4.78 is 4.32. The van der Waals surface area contributed by atoms with Crippen LogP contribution in [-0.4, -0.2) is 45.2 Å². The fourth-order valence-electron chi connectivity index (χ4n) is 0.823. The number of halogens is 2. The average Bonchev–Trinajstić information content (AvgIpc) is 2.48. The summed E-state index contributed by atoms with van der Waals surface area (Å²) in [6.45, 7) is -0.671. The number of ether oxygens (including phenoxy) is 1. The highest BCUT2D eigenvalue weighted by atomic mass is 36.5. The van der Waals surface area contributed by atoms with E-state index in [1.807, 2.05) is 0 Å². The highest BCUT2D eigenvalue weighted by molar-refractivity contribution is 6.85. The molecule has 14 heavy (non-hydrogen) atoms. The van der Waals surface area contributed by atoms with Crippen LogP contribution in [-0.2, 0) is 9.53 Å². The number of rotatable bonds is 2. The molecule has 0 saturated carbocycles.